The lowest BCUT2D eigenvalue weighted by Crippen LogP contribution is -2.40. The van der Waals surface area contributed by atoms with Gasteiger partial charge in [0.25, 0.3) is 0 Å². The van der Waals surface area contributed by atoms with E-state index >= 15 is 4.39 Å². The van der Waals surface area contributed by atoms with Gasteiger partial charge in [0, 0.05) is 44.4 Å². The third kappa shape index (κ3) is 7.92. The van der Waals surface area contributed by atoms with E-state index < -0.39 is 0 Å². The highest BCUT2D eigenvalue weighted by molar-refractivity contribution is 5.92. The van der Waals surface area contributed by atoms with E-state index in [1.807, 2.05) is 17.0 Å². The highest BCUT2D eigenvalue weighted by Crippen LogP contribution is 2.31. The smallest absolute Gasteiger partial charge is 0.227 e. The van der Waals surface area contributed by atoms with Crippen molar-refractivity contribution in [3.05, 3.63) is 24.0 Å². The van der Waals surface area contributed by atoms with Gasteiger partial charge in [0.1, 0.15) is 5.82 Å². The zero-order valence-electron chi connectivity index (χ0n) is 21.4. The van der Waals surface area contributed by atoms with Gasteiger partial charge in [-0.3, -0.25) is 9.59 Å². The monoisotopic (exact) mass is 489 g/mol. The van der Waals surface area contributed by atoms with Crippen LogP contribution in [0.1, 0.15) is 83.5 Å². The molecule has 4 rings (SSSR count). The van der Waals surface area contributed by atoms with Crippen molar-refractivity contribution in [1.29, 1.82) is 0 Å². The summed E-state index contributed by atoms with van der Waals surface area (Å²) >= 11 is 0. The van der Waals surface area contributed by atoms with Gasteiger partial charge >= 0.3 is 0 Å². The van der Waals surface area contributed by atoms with Crippen LogP contribution in [0.15, 0.2) is 18.2 Å². The third-order valence-corrected chi connectivity index (χ3v) is 8.03. The van der Waals surface area contributed by atoms with Crippen LogP contribution in [0.3, 0.4) is 0 Å². The Morgan fingerprint density at radius 2 is 1.74 bits per heavy atom. The second-order valence-corrected chi connectivity index (χ2v) is 10.4. The molecule has 2 amide bonds. The average molecular weight is 490 g/mol. The number of rotatable bonds is 8. The van der Waals surface area contributed by atoms with Gasteiger partial charge in [0.2, 0.25) is 12.3 Å². The second-order valence-electron chi connectivity index (χ2n) is 10.4. The molecule has 2 aliphatic carbocycles. The molecule has 1 aromatic carbocycles. The number of aliphatic hydroxyl groups excluding tert-OH is 1. The number of anilines is 2. The highest BCUT2D eigenvalue weighted by Gasteiger charge is 2.26. The first kappa shape index (κ1) is 27.4. The van der Waals surface area contributed by atoms with Crippen LogP contribution in [0.4, 0.5) is 15.8 Å². The van der Waals surface area contributed by atoms with Gasteiger partial charge in [0.05, 0.1) is 5.69 Å². The first-order valence-electron chi connectivity index (χ1n) is 13.6. The molecular weight excluding hydrogens is 445 g/mol. The molecule has 2 saturated carbocycles. The predicted octanol–water partition coefficient (Wildman–Crippen LogP) is 5.35. The minimum absolute atomic E-state index is 0.0255. The van der Waals surface area contributed by atoms with Crippen molar-refractivity contribution >= 4 is 23.7 Å². The first-order chi connectivity index (χ1) is 17.1. The summed E-state index contributed by atoms with van der Waals surface area (Å²) in [6, 6.07) is 5.52. The Bertz CT molecular complexity index is 794. The molecule has 1 heterocycles. The molecule has 0 spiro atoms. The number of halogens is 1. The number of aliphatic hydroxyl groups is 1. The maximum Gasteiger partial charge on any atom is 0.227 e. The largest absolute Gasteiger partial charge is 0.400 e. The Morgan fingerprint density at radius 3 is 2.40 bits per heavy atom. The van der Waals surface area contributed by atoms with E-state index in [0.717, 1.165) is 90.9 Å². The minimum Gasteiger partial charge on any atom is -0.400 e. The summed E-state index contributed by atoms with van der Waals surface area (Å²) in [5.41, 5.74) is 1.17. The quantitative estimate of drug-likeness (QED) is 0.483. The van der Waals surface area contributed by atoms with Crippen molar-refractivity contribution in [3.8, 4) is 0 Å². The number of nitrogens with one attached hydrogen (secondary N) is 1. The molecule has 1 atom stereocenters. The molecule has 3 fully saturated rings. The van der Waals surface area contributed by atoms with Crippen molar-refractivity contribution in [2.45, 2.75) is 89.5 Å². The molecule has 1 unspecified atom stereocenters. The number of carbonyl (C=O) groups excluding carboxylic acids is 2. The van der Waals surface area contributed by atoms with Gasteiger partial charge in [-0.05, 0) is 69.1 Å². The number of amides is 2. The number of carbonyl (C=O) groups is 2. The number of piperidine rings is 1. The fraction of sp³-hybridized carbons (Fsp3) is 0.714. The molecule has 0 bridgehead atoms. The first-order valence-corrected chi connectivity index (χ1v) is 13.6. The molecule has 0 aromatic heterocycles. The maximum atomic E-state index is 15.0. The molecule has 7 heteroatoms. The van der Waals surface area contributed by atoms with E-state index in [9.17, 15) is 9.59 Å². The van der Waals surface area contributed by atoms with Gasteiger partial charge in [0.15, 0.2) is 0 Å². The maximum absolute atomic E-state index is 15.0. The zero-order valence-corrected chi connectivity index (χ0v) is 21.4. The van der Waals surface area contributed by atoms with Crippen molar-refractivity contribution < 1.29 is 19.1 Å². The highest BCUT2D eigenvalue weighted by atomic mass is 19.1. The number of hydrogen-bond donors (Lipinski definition) is 2. The van der Waals surface area contributed by atoms with Crippen LogP contribution in [0, 0.1) is 17.7 Å². The molecule has 35 heavy (non-hydrogen) atoms. The van der Waals surface area contributed by atoms with E-state index in [2.05, 4.69) is 10.2 Å². The van der Waals surface area contributed by atoms with Crippen LogP contribution in [-0.2, 0) is 9.59 Å². The van der Waals surface area contributed by atoms with Crippen LogP contribution >= 0.6 is 0 Å². The summed E-state index contributed by atoms with van der Waals surface area (Å²) in [6.07, 6.45) is 15.5. The molecule has 1 saturated heterocycles. The fourth-order valence-corrected chi connectivity index (χ4v) is 6.04. The number of hydrogen-bond acceptors (Lipinski definition) is 4. The topological polar surface area (TPSA) is 72.9 Å². The van der Waals surface area contributed by atoms with Crippen molar-refractivity contribution in [2.75, 3.05) is 37.0 Å². The third-order valence-electron chi connectivity index (χ3n) is 8.03. The SMILES string of the molecule is CO.O=CN(CCC1CCCN(c2ccc(NC(=O)C3CCCCC3)cc2F)C1)C1CCCCC1. The van der Waals surface area contributed by atoms with E-state index in [1.165, 1.54) is 31.7 Å². The Labute approximate surface area is 210 Å². The van der Waals surface area contributed by atoms with Gasteiger partial charge in [-0.2, -0.15) is 0 Å². The Kier molecular flexibility index (Phi) is 11.3. The lowest BCUT2D eigenvalue weighted by Gasteiger charge is -2.37. The van der Waals surface area contributed by atoms with Crippen LogP contribution in [0.25, 0.3) is 0 Å². The summed E-state index contributed by atoms with van der Waals surface area (Å²) < 4.78 is 15.0. The van der Waals surface area contributed by atoms with Gasteiger partial charge in [-0.25, -0.2) is 4.39 Å². The van der Waals surface area contributed by atoms with Crippen LogP contribution in [-0.4, -0.2) is 55.1 Å². The van der Waals surface area contributed by atoms with Crippen molar-refractivity contribution in [2.24, 2.45) is 11.8 Å². The summed E-state index contributed by atoms with van der Waals surface area (Å²) in [4.78, 5) is 28.3. The Hall–Kier alpha value is -2.15. The number of benzene rings is 1. The molecular formula is C28H44FN3O3. The van der Waals surface area contributed by atoms with Crippen molar-refractivity contribution in [3.63, 3.8) is 0 Å². The average Bonchev–Trinajstić information content (AvgIpc) is 2.91. The lowest BCUT2D eigenvalue weighted by molar-refractivity contribution is -0.121. The molecule has 1 aromatic rings. The Morgan fingerprint density at radius 1 is 1.06 bits per heavy atom. The fourth-order valence-electron chi connectivity index (χ4n) is 6.04. The van der Waals surface area contributed by atoms with Crippen LogP contribution in [0.2, 0.25) is 0 Å². The minimum atomic E-state index is -0.270. The molecule has 1 aliphatic heterocycles. The number of nitrogens with zero attached hydrogens (tertiary/aromatic N) is 2. The summed E-state index contributed by atoms with van der Waals surface area (Å²) in [6.45, 7) is 2.48. The predicted molar refractivity (Wildman–Crippen MR) is 139 cm³/mol. The molecule has 6 nitrogen and oxygen atoms in total. The van der Waals surface area contributed by atoms with Crippen molar-refractivity contribution in [1.82, 2.24) is 4.90 Å². The molecule has 3 aliphatic rings. The lowest BCUT2D eigenvalue weighted by atomic mass is 9.88. The normalized spacial score (nSPS) is 21.6. The zero-order chi connectivity index (χ0) is 25.0. The standard InChI is InChI=1S/C27H40FN3O2.CH4O/c28-25-18-23(29-27(33)22-9-3-1-4-10-22)13-14-26(25)30-16-7-8-21(19-30)15-17-31(20-32)24-11-5-2-6-12-24;1-2/h13-14,18,20-22,24H,1-12,15-17,19H2,(H,29,33);2H,1H3. The van der Waals surface area contributed by atoms with Gasteiger partial charge < -0.3 is 20.2 Å². The van der Waals surface area contributed by atoms with Crippen LogP contribution < -0.4 is 10.2 Å². The summed E-state index contributed by atoms with van der Waals surface area (Å²) in [5.74, 6) is 0.283. The van der Waals surface area contributed by atoms with Gasteiger partial charge in [-0.1, -0.05) is 38.5 Å². The van der Waals surface area contributed by atoms with Crippen LogP contribution in [0.5, 0.6) is 0 Å². The van der Waals surface area contributed by atoms with E-state index in [1.54, 1.807) is 0 Å². The summed E-state index contributed by atoms with van der Waals surface area (Å²) in [7, 11) is 1.00. The van der Waals surface area contributed by atoms with E-state index in [0.29, 0.717) is 23.3 Å². The Balaban J connectivity index is 0.00000167. The molecule has 196 valence electrons. The van der Waals surface area contributed by atoms with E-state index in [-0.39, 0.29) is 17.6 Å². The molecule has 0 radical (unpaired) electrons. The van der Waals surface area contributed by atoms with Gasteiger partial charge in [-0.15, -0.1) is 0 Å². The molecule has 2 N–H and O–H groups in total. The second kappa shape index (κ2) is 14.4. The van der Waals surface area contributed by atoms with E-state index in [4.69, 9.17) is 5.11 Å². The summed E-state index contributed by atoms with van der Waals surface area (Å²) in [5, 5.41) is 9.93.